The van der Waals surface area contributed by atoms with Gasteiger partial charge in [0.15, 0.2) is 0 Å². The Labute approximate surface area is 460 Å². The summed E-state index contributed by atoms with van der Waals surface area (Å²) in [7, 11) is 0. The molecule has 4 aliphatic heterocycles. The third-order valence-corrected chi connectivity index (χ3v) is 18.9. The van der Waals surface area contributed by atoms with Crippen LogP contribution in [0.4, 0.5) is 0 Å². The van der Waals surface area contributed by atoms with Crippen LogP contribution in [0.1, 0.15) is 17.2 Å². The van der Waals surface area contributed by atoms with E-state index >= 15 is 0 Å². The molecule has 5 heteroatoms. The van der Waals surface area contributed by atoms with Crippen molar-refractivity contribution in [2.24, 2.45) is 0 Å². The zero-order valence-electron chi connectivity index (χ0n) is 43.2. The molecule has 0 aliphatic carbocycles. The monoisotopic (exact) mass is 1010 g/mol. The van der Waals surface area contributed by atoms with Gasteiger partial charge in [0, 0.05) is 65.8 Å². The summed E-state index contributed by atoms with van der Waals surface area (Å²) in [5.41, 5.74) is 33.2. The van der Waals surface area contributed by atoms with Crippen LogP contribution in [0.3, 0.4) is 0 Å². The largest absolute Gasteiger partial charge is 0.374 e. The van der Waals surface area contributed by atoms with Crippen molar-refractivity contribution in [3.05, 3.63) is 266 Å². The van der Waals surface area contributed by atoms with E-state index in [2.05, 4.69) is 273 Å². The van der Waals surface area contributed by atoms with Crippen LogP contribution in [0.2, 0.25) is 0 Å². The van der Waals surface area contributed by atoms with Crippen molar-refractivity contribution in [3.63, 3.8) is 0 Å². The molecule has 80 heavy (non-hydrogen) atoms. The van der Waals surface area contributed by atoms with Gasteiger partial charge in [0.1, 0.15) is 0 Å². The van der Waals surface area contributed by atoms with Crippen molar-refractivity contribution >= 4 is 94.2 Å². The van der Waals surface area contributed by atoms with Gasteiger partial charge in [0.05, 0.1) is 50.3 Å². The Morgan fingerprint density at radius 3 is 1.36 bits per heavy atom. The van der Waals surface area contributed by atoms with Crippen molar-refractivity contribution in [2.45, 2.75) is 6.04 Å². The average Bonchev–Trinajstić information content (AvgIpc) is 2.06. The zero-order valence-corrected chi connectivity index (χ0v) is 43.2. The first-order chi connectivity index (χ1) is 39.8. The first-order valence-electron chi connectivity index (χ1n) is 28.1. The Kier molecular flexibility index (Phi) is 7.73. The summed E-state index contributed by atoms with van der Waals surface area (Å²) < 4.78 is 10.9. The van der Waals surface area contributed by atoms with Crippen LogP contribution in [-0.4, -0.2) is 25.0 Å². The van der Waals surface area contributed by atoms with Gasteiger partial charge in [-0.1, -0.05) is 231 Å². The molecule has 0 saturated heterocycles. The molecule has 0 bridgehead atoms. The molecule has 0 fully saturated rings. The van der Waals surface area contributed by atoms with Crippen LogP contribution >= 0.6 is 0 Å². The van der Waals surface area contributed by atoms with E-state index in [1.807, 2.05) is 0 Å². The lowest BCUT2D eigenvalue weighted by molar-refractivity contribution is 0.711. The number of hydrogen-bond donors (Lipinski definition) is 0. The lowest BCUT2D eigenvalue weighted by Crippen LogP contribution is -2.55. The Bertz CT molecular complexity index is 5120. The summed E-state index contributed by atoms with van der Waals surface area (Å²) in [4.78, 5) is 0. The molecule has 1 atom stereocenters. The van der Waals surface area contributed by atoms with Crippen LogP contribution in [0, 0.1) is 0 Å². The summed E-state index contributed by atoms with van der Waals surface area (Å²) >= 11 is 0. The Morgan fingerprint density at radius 2 is 0.750 bits per heavy atom. The van der Waals surface area contributed by atoms with E-state index in [-0.39, 0.29) is 12.9 Å². The van der Waals surface area contributed by atoms with Crippen molar-refractivity contribution in [1.29, 1.82) is 0 Å². The van der Waals surface area contributed by atoms with Crippen molar-refractivity contribution in [1.82, 2.24) is 18.2 Å². The molecule has 12 aromatic carbocycles. The third kappa shape index (κ3) is 4.90. The second-order valence-corrected chi connectivity index (χ2v) is 22.5. The van der Waals surface area contributed by atoms with E-state index in [0.717, 1.165) is 0 Å². The Balaban J connectivity index is 0.939. The number of benzene rings is 12. The number of hydrogen-bond acceptors (Lipinski definition) is 0. The lowest BCUT2D eigenvalue weighted by Gasteiger charge is -2.36. The molecule has 16 aromatic rings. The molecule has 0 radical (unpaired) electrons. The molecule has 0 spiro atoms. The van der Waals surface area contributed by atoms with E-state index in [1.54, 1.807) is 0 Å². The molecule has 20 rings (SSSR count). The summed E-state index contributed by atoms with van der Waals surface area (Å²) in [5, 5.41) is 7.78. The van der Waals surface area contributed by atoms with Crippen LogP contribution in [0.5, 0.6) is 0 Å². The summed E-state index contributed by atoms with van der Waals surface area (Å²) in [6.45, 7) is -0.107. The normalized spacial score (nSPS) is 14.1. The fourth-order valence-corrected chi connectivity index (χ4v) is 16.1. The quantitative estimate of drug-likeness (QED) is 0.157. The molecular weight excluding hydrogens is 968 g/mol. The van der Waals surface area contributed by atoms with E-state index < -0.39 is 0 Å². The fourth-order valence-electron chi connectivity index (χ4n) is 16.1. The SMILES string of the molecule is c1ccc(-c2cccc3c2c2c(-c4ccccc4)ccc4c2n3-c2cccc3c2B4n2c4c-3cccc4c3c2c2cccc4c2n3C2c3c-4cccc3-n3c4cccc(-c5ccccc5)c4c4c(-c5ccccc5)ccc2c43)cc1. The molecule has 0 saturated carbocycles. The fraction of sp³-hybridized carbons (Fsp3) is 0.0133. The summed E-state index contributed by atoms with van der Waals surface area (Å²) in [6.07, 6.45) is 0. The van der Waals surface area contributed by atoms with E-state index in [9.17, 15) is 0 Å². The third-order valence-electron chi connectivity index (χ3n) is 18.9. The Morgan fingerprint density at radius 1 is 0.287 bits per heavy atom. The molecule has 8 heterocycles. The molecule has 4 aliphatic rings. The molecule has 0 N–H and O–H groups in total. The van der Waals surface area contributed by atoms with Gasteiger partial charge in [0.25, 0.3) is 0 Å². The highest BCUT2D eigenvalue weighted by Gasteiger charge is 2.45. The maximum absolute atomic E-state index is 2.81. The average molecular weight is 1010 g/mol. The predicted octanol–water partition coefficient (Wildman–Crippen LogP) is 17.5. The number of fused-ring (bicyclic) bond motifs is 19. The highest BCUT2D eigenvalue weighted by molar-refractivity contribution is 6.90. The minimum absolute atomic E-state index is 0.107. The van der Waals surface area contributed by atoms with Crippen LogP contribution < -0.4 is 10.9 Å². The van der Waals surface area contributed by atoms with Crippen molar-refractivity contribution < 1.29 is 0 Å². The molecular formula is C75H43BN4. The topological polar surface area (TPSA) is 19.7 Å². The van der Waals surface area contributed by atoms with Crippen molar-refractivity contribution in [3.8, 4) is 78.1 Å². The zero-order chi connectivity index (χ0) is 51.6. The van der Waals surface area contributed by atoms with Crippen molar-refractivity contribution in [2.75, 3.05) is 0 Å². The molecule has 1 unspecified atom stereocenters. The molecule has 4 nitrogen and oxygen atoms in total. The smallest absolute Gasteiger partial charge is 0.333 e. The van der Waals surface area contributed by atoms with E-state index in [0.29, 0.717) is 0 Å². The minimum atomic E-state index is -0.107. The number of aromatic nitrogens is 4. The number of nitrogens with zero attached hydrogens (tertiary/aromatic N) is 4. The first kappa shape index (κ1) is 41.8. The molecule has 4 aromatic heterocycles. The van der Waals surface area contributed by atoms with Gasteiger partial charge in [-0.3, -0.25) is 0 Å². The van der Waals surface area contributed by atoms with Gasteiger partial charge in [-0.15, -0.1) is 0 Å². The minimum Gasteiger partial charge on any atom is -0.374 e. The lowest BCUT2D eigenvalue weighted by atomic mass is 9.45. The highest BCUT2D eigenvalue weighted by atomic mass is 15.1. The Hall–Kier alpha value is -10.4. The van der Waals surface area contributed by atoms with Gasteiger partial charge >= 0.3 is 6.85 Å². The standard InChI is InChI=1S/C75H43BN4/c1-5-19-43(20-6-1)47-27-15-35-59-63(47)66-49(45-23-9-3-10-24-45)39-40-57-71-65-51(29-17-37-61(65)77(59)72(57)66)53-31-13-33-55-69(53)79(71)73-56-34-14-32-54-52-30-18-38-62-68(52)76(80(70(54)56)74(55)73)58-42-41-50(46-25-11-4-12-26-46)67-64-48(44-21-7-2-8-22-44)28-16-36-60(64)78(62)75(58)67/h1-42,71H. The second-order valence-electron chi connectivity index (χ2n) is 22.5. The maximum atomic E-state index is 2.81. The van der Waals surface area contributed by atoms with E-state index in [4.69, 9.17) is 0 Å². The van der Waals surface area contributed by atoms with Gasteiger partial charge < -0.3 is 18.2 Å². The number of rotatable bonds is 4. The molecule has 366 valence electrons. The second kappa shape index (κ2) is 14.8. The van der Waals surface area contributed by atoms with Gasteiger partial charge in [-0.2, -0.15) is 0 Å². The van der Waals surface area contributed by atoms with Gasteiger partial charge in [-0.05, 0) is 90.8 Å². The number of para-hydroxylation sites is 2. The van der Waals surface area contributed by atoms with Crippen LogP contribution in [0.25, 0.3) is 155 Å². The van der Waals surface area contributed by atoms with Crippen LogP contribution in [-0.2, 0) is 0 Å². The summed E-state index contributed by atoms with van der Waals surface area (Å²) in [5.74, 6) is 0. The van der Waals surface area contributed by atoms with Crippen LogP contribution in [0.15, 0.2) is 255 Å². The predicted molar refractivity (Wildman–Crippen MR) is 334 cm³/mol. The highest BCUT2D eigenvalue weighted by Crippen LogP contribution is 2.58. The van der Waals surface area contributed by atoms with Gasteiger partial charge in [0.2, 0.25) is 0 Å². The van der Waals surface area contributed by atoms with E-state index in [1.165, 1.54) is 177 Å². The maximum Gasteiger partial charge on any atom is 0.333 e. The first-order valence-corrected chi connectivity index (χ1v) is 28.1. The molecule has 0 amide bonds. The summed E-state index contributed by atoms with van der Waals surface area (Å²) in [6, 6.07) is 96.2. The van der Waals surface area contributed by atoms with Gasteiger partial charge in [-0.25, -0.2) is 0 Å².